The lowest BCUT2D eigenvalue weighted by molar-refractivity contribution is -0.204. The highest BCUT2D eigenvalue weighted by Crippen LogP contribution is 2.60. The van der Waals surface area contributed by atoms with Gasteiger partial charge in [0, 0.05) is 204 Å². The zero-order valence-electron chi connectivity index (χ0n) is 80.9. The molecule has 17 aromatic rings. The van der Waals surface area contributed by atoms with E-state index in [9.17, 15) is 14.4 Å². The van der Waals surface area contributed by atoms with Gasteiger partial charge in [-0.05, 0) is 227 Å². The number of likely N-dealkylation sites (tertiary alicyclic amines) is 2. The lowest BCUT2D eigenvalue weighted by atomic mass is 9.54. The lowest BCUT2D eigenvalue weighted by Gasteiger charge is -2.60. The van der Waals surface area contributed by atoms with Crippen molar-refractivity contribution in [3.63, 3.8) is 0 Å². The van der Waals surface area contributed by atoms with Gasteiger partial charge >= 0.3 is 11.9 Å². The molecule has 143 heavy (non-hydrogen) atoms. The quantitative estimate of drug-likeness (QED) is 0.0263. The van der Waals surface area contributed by atoms with E-state index in [-0.39, 0.29) is 19.1 Å². The van der Waals surface area contributed by atoms with Crippen LogP contribution in [0.1, 0.15) is 122 Å². The fourth-order valence-corrected chi connectivity index (χ4v) is 18.2. The Morgan fingerprint density at radius 1 is 0.322 bits per heavy atom. The van der Waals surface area contributed by atoms with Crippen molar-refractivity contribution in [1.82, 2.24) is 119 Å². The number of carbonyl (C=O) groups is 3. The molecule has 17 aromatic heterocycles. The van der Waals surface area contributed by atoms with Crippen molar-refractivity contribution >= 4 is 17.7 Å². The van der Waals surface area contributed by atoms with E-state index < -0.39 is 46.2 Å². The van der Waals surface area contributed by atoms with Crippen molar-refractivity contribution < 1.29 is 23.9 Å². The fraction of sp³-hybridized carbons (Fsp3) is 0.228. The Morgan fingerprint density at radius 2 is 0.587 bits per heavy atom. The average molecular weight is 1900 g/mol. The molecule has 0 aliphatic carbocycles. The zero-order chi connectivity index (χ0) is 98.9. The summed E-state index contributed by atoms with van der Waals surface area (Å²) in [6, 6.07) is 98.5. The first-order valence-electron chi connectivity index (χ1n) is 47.4. The van der Waals surface area contributed by atoms with Gasteiger partial charge in [0.2, 0.25) is 0 Å². The fourth-order valence-electron chi connectivity index (χ4n) is 18.2. The van der Waals surface area contributed by atoms with Gasteiger partial charge < -0.3 is 9.47 Å². The van der Waals surface area contributed by atoms with Crippen LogP contribution in [0.4, 0.5) is 0 Å². The molecule has 2 fully saturated rings. The van der Waals surface area contributed by atoms with Crippen LogP contribution >= 0.6 is 0 Å². The molecule has 0 amide bonds. The first-order valence-corrected chi connectivity index (χ1v) is 47.4. The number of hydrogen-bond donors (Lipinski definition) is 0. The van der Waals surface area contributed by atoms with Gasteiger partial charge in [0.15, 0.2) is 16.6 Å². The number of piperidine rings is 2. The second kappa shape index (κ2) is 52.2. The molecule has 0 N–H and O–H groups in total. The molecule has 722 valence electrons. The van der Waals surface area contributed by atoms with Crippen molar-refractivity contribution in [2.24, 2.45) is 10.8 Å². The maximum atomic E-state index is 14.8. The SMILES string of the molecule is CC(c1ccccn1)(c1ccccn1)N(Cc1ccccn1)Cc1ccccn1.CN(CCN(Cc1ccccn1)Cc1ccccn1)Cc1ccccn1.COC(=O)C12CN(Cc3ccccn3)CC(C(=O)OC)(C1=O)C(c1ccccn1)N(C)C2c1ccccn1.c1ccc(CN(Cc2ccccn2)C(c2ccccn2)c2ccccn2)nc1.c1ccc(CN(Cc2ccccn2)Cc2ccccn2)nc1. The molecule has 2 saturated heterocycles. The Hall–Kier alpha value is -16.1. The van der Waals surface area contributed by atoms with Crippen LogP contribution in [0.15, 0.2) is 415 Å². The van der Waals surface area contributed by atoms with Crippen LogP contribution in [0.3, 0.4) is 0 Å². The van der Waals surface area contributed by atoms with Gasteiger partial charge in [0.05, 0.1) is 129 Å². The van der Waals surface area contributed by atoms with Crippen molar-refractivity contribution in [3.05, 3.63) is 512 Å². The minimum Gasteiger partial charge on any atom is -0.468 e. The molecule has 2 aliphatic rings. The highest BCUT2D eigenvalue weighted by molar-refractivity contribution is 6.17. The van der Waals surface area contributed by atoms with E-state index in [4.69, 9.17) is 19.4 Å². The monoisotopic (exact) mass is 1900 g/mol. The predicted molar refractivity (Wildman–Crippen MR) is 545 cm³/mol. The Kier molecular flexibility index (Phi) is 37.0. The third-order valence-electron chi connectivity index (χ3n) is 24.8. The van der Waals surface area contributed by atoms with Crippen LogP contribution in [-0.2, 0) is 101 Å². The summed E-state index contributed by atoms with van der Waals surface area (Å²) in [6.45, 7) is 11.8. The summed E-state index contributed by atoms with van der Waals surface area (Å²) in [5.41, 5.74) is 11.8. The van der Waals surface area contributed by atoms with Gasteiger partial charge in [0.1, 0.15) is 5.54 Å². The highest BCUT2D eigenvalue weighted by atomic mass is 16.5. The van der Waals surface area contributed by atoms with E-state index in [2.05, 4.69) is 144 Å². The van der Waals surface area contributed by atoms with E-state index in [0.717, 1.165) is 138 Å². The second-order valence-electron chi connectivity index (χ2n) is 34.7. The summed E-state index contributed by atoms with van der Waals surface area (Å²) in [7, 11) is 6.42. The number of esters is 2. The standard InChI is InChI=1S/C28H29N5O5.C24H23N5.C23H21N5.C21H25N5.C18H18N4/c1-32-22(20-11-5-8-14-30-20)27(25(35)37-2)17-33(16-19-10-4-7-13-29-19)18-28(24(27)34,26(36)38-3)23(32)21-12-6-9-15-31-21;1-24(22-12-4-8-16-27-22,23-13-5-9-17-28-23)29(18-20-10-2-6-14-25-20)19-21-11-3-7-15-26-21;1-5-13-24-19(9-1)17-28(18-20-10-2-6-14-25-20)23(21-11-3-7-15-26-21)22-12-4-8-16-27-22;1-25(16-19-8-2-5-11-22-19)14-15-26(17-20-9-3-6-12-23-20)18-21-10-4-7-13-24-21;1-4-10-19-16(7-1)13-22(14-17-8-2-5-11-20-17)15-18-9-3-6-12-21-18/h4-15,22-23H,16-18H2,1-3H3;2-17H,18-19H2,1H3;1-16,23H,17-18H2;2-13H,14-18H2,1H3;1-12H,13-15H2. The largest absolute Gasteiger partial charge is 0.468 e. The first-order chi connectivity index (χ1) is 70.3. The highest BCUT2D eigenvalue weighted by Gasteiger charge is 2.75. The molecule has 4 atom stereocenters. The molecule has 29 heteroatoms. The smallest absolute Gasteiger partial charge is 0.322 e. The van der Waals surface area contributed by atoms with Crippen LogP contribution in [0.25, 0.3) is 0 Å². The van der Waals surface area contributed by atoms with Crippen molar-refractivity contribution in [2.75, 3.05) is 54.5 Å². The number of methoxy groups -OCH3 is 2. The van der Waals surface area contributed by atoms with Crippen LogP contribution in [0.5, 0.6) is 0 Å². The van der Waals surface area contributed by atoms with Crippen LogP contribution < -0.4 is 0 Å². The summed E-state index contributed by atoms with van der Waals surface area (Å²) in [5.74, 6) is -2.02. The summed E-state index contributed by atoms with van der Waals surface area (Å²) in [4.78, 5) is 135. The summed E-state index contributed by atoms with van der Waals surface area (Å²) in [6.07, 6.45) is 30.5. The minimum absolute atomic E-state index is 0.00828. The van der Waals surface area contributed by atoms with Crippen LogP contribution in [0.2, 0.25) is 0 Å². The van der Waals surface area contributed by atoms with Crippen molar-refractivity contribution in [3.8, 4) is 0 Å². The number of pyridine rings is 17. The summed E-state index contributed by atoms with van der Waals surface area (Å²) < 4.78 is 10.6. The zero-order valence-corrected chi connectivity index (χ0v) is 80.9. The Labute approximate surface area is 835 Å². The molecule has 29 nitrogen and oxygen atoms in total. The molecule has 2 aliphatic heterocycles. The lowest BCUT2D eigenvalue weighted by Crippen LogP contribution is -2.75. The molecule has 19 rings (SSSR count). The van der Waals surface area contributed by atoms with Gasteiger partial charge in [-0.2, -0.15) is 0 Å². The maximum absolute atomic E-state index is 14.8. The van der Waals surface area contributed by atoms with Gasteiger partial charge in [-0.1, -0.05) is 103 Å². The van der Waals surface area contributed by atoms with Crippen molar-refractivity contribution in [2.45, 2.75) is 103 Å². The van der Waals surface area contributed by atoms with Gasteiger partial charge in [-0.25, -0.2) is 0 Å². The molecule has 0 aromatic carbocycles. The molecule has 4 unspecified atom stereocenters. The number of likely N-dealkylation sites (N-methyl/N-ethyl adjacent to an activating group) is 1. The molecule has 0 radical (unpaired) electrons. The Balaban J connectivity index is 0.000000136. The third kappa shape index (κ3) is 27.5. The van der Waals surface area contributed by atoms with E-state index in [1.54, 1.807) is 62.0 Å². The number of carbonyl (C=O) groups excluding carboxylic acids is 3. The molecule has 2 bridgehead atoms. The molecule has 0 spiro atoms. The third-order valence-corrected chi connectivity index (χ3v) is 24.8. The Bertz CT molecular complexity index is 6190. The average Bonchev–Trinajstić information content (AvgIpc) is 0.675. The summed E-state index contributed by atoms with van der Waals surface area (Å²) in [5, 5.41) is 0. The van der Waals surface area contributed by atoms with Crippen molar-refractivity contribution in [1.29, 1.82) is 0 Å². The van der Waals surface area contributed by atoms with Gasteiger partial charge in [0.25, 0.3) is 0 Å². The van der Waals surface area contributed by atoms with Crippen LogP contribution in [0, 0.1) is 10.8 Å². The second-order valence-corrected chi connectivity index (χ2v) is 34.7. The maximum Gasteiger partial charge on any atom is 0.322 e. The number of nitrogens with zero attached hydrogens (tertiary/aromatic N) is 24. The van der Waals surface area contributed by atoms with Gasteiger partial charge in [-0.3, -0.25) is 133 Å². The molecular weight excluding hydrogens is 1790 g/mol. The Morgan fingerprint density at radius 3 is 0.867 bits per heavy atom. The minimum atomic E-state index is -1.77. The number of fused-ring (bicyclic) bond motifs is 2. The number of Topliss-reactive ketones (excluding diaryl/α,β-unsaturated/α-hetero) is 1. The van der Waals surface area contributed by atoms with E-state index in [1.165, 1.54) is 14.2 Å². The first kappa shape index (κ1) is 101. The number of aromatic nitrogens is 17. The van der Waals surface area contributed by atoms with E-state index in [1.807, 2.05) is 339 Å². The molecule has 19 heterocycles. The number of hydrogen-bond acceptors (Lipinski definition) is 29. The number of rotatable bonds is 35. The van der Waals surface area contributed by atoms with Crippen LogP contribution in [-0.4, -0.2) is 191 Å². The molecular formula is C114H116N24O5. The number of ketones is 1. The van der Waals surface area contributed by atoms with E-state index in [0.29, 0.717) is 44.1 Å². The number of ether oxygens (including phenoxy) is 2. The van der Waals surface area contributed by atoms with Gasteiger partial charge in [-0.15, -0.1) is 0 Å². The topological polar surface area (TPSA) is 311 Å². The normalized spacial score (nSPS) is 15.5. The molecule has 0 saturated carbocycles. The summed E-state index contributed by atoms with van der Waals surface area (Å²) >= 11 is 0. The predicted octanol–water partition coefficient (Wildman–Crippen LogP) is 16.4. The van der Waals surface area contributed by atoms with E-state index >= 15 is 0 Å².